The van der Waals surface area contributed by atoms with Crippen molar-refractivity contribution in [1.29, 1.82) is 0 Å². The SMILES string of the molecule is CCC(CC)(CC(=O)O)NC(=O)CSCCC(C)C. The highest BCUT2D eigenvalue weighted by atomic mass is 32.2. The molecule has 19 heavy (non-hydrogen) atoms. The van der Waals surface area contributed by atoms with E-state index in [9.17, 15) is 9.59 Å². The Morgan fingerprint density at radius 1 is 1.26 bits per heavy atom. The largest absolute Gasteiger partial charge is 0.481 e. The Bertz CT molecular complexity index is 288. The second-order valence-corrected chi connectivity index (χ2v) is 6.45. The zero-order valence-electron chi connectivity index (χ0n) is 12.5. The molecule has 0 aromatic carbocycles. The summed E-state index contributed by atoms with van der Waals surface area (Å²) in [5.74, 6) is 1.10. The number of rotatable bonds is 10. The van der Waals surface area contributed by atoms with Crippen LogP contribution in [0.5, 0.6) is 0 Å². The Kier molecular flexibility index (Phi) is 8.89. The van der Waals surface area contributed by atoms with Crippen LogP contribution >= 0.6 is 11.8 Å². The molecule has 5 heteroatoms. The zero-order valence-corrected chi connectivity index (χ0v) is 13.3. The Morgan fingerprint density at radius 3 is 2.26 bits per heavy atom. The van der Waals surface area contributed by atoms with Crippen LogP contribution in [0.2, 0.25) is 0 Å². The van der Waals surface area contributed by atoms with E-state index in [1.165, 1.54) is 0 Å². The number of thioether (sulfide) groups is 1. The standard InChI is InChI=1S/C14H27NO3S/c1-5-14(6-2,9-13(17)18)15-12(16)10-19-8-7-11(3)4/h11H,5-10H2,1-4H3,(H,15,16)(H,17,18). The quantitative estimate of drug-likeness (QED) is 0.607. The summed E-state index contributed by atoms with van der Waals surface area (Å²) >= 11 is 1.61. The molecule has 0 aromatic rings. The molecule has 0 aliphatic carbocycles. The van der Waals surface area contributed by atoms with Crippen LogP contribution in [0.25, 0.3) is 0 Å². The molecule has 0 atom stereocenters. The average molecular weight is 289 g/mol. The van der Waals surface area contributed by atoms with Crippen LogP contribution in [-0.2, 0) is 9.59 Å². The number of hydrogen-bond acceptors (Lipinski definition) is 3. The van der Waals surface area contributed by atoms with Gasteiger partial charge in [0.05, 0.1) is 12.2 Å². The summed E-state index contributed by atoms with van der Waals surface area (Å²) in [6.07, 6.45) is 2.36. The number of carboxylic acids is 1. The molecule has 0 aliphatic heterocycles. The van der Waals surface area contributed by atoms with Gasteiger partial charge in [-0.1, -0.05) is 27.7 Å². The summed E-state index contributed by atoms with van der Waals surface area (Å²) in [7, 11) is 0. The van der Waals surface area contributed by atoms with Gasteiger partial charge in [-0.05, 0) is 30.9 Å². The minimum absolute atomic E-state index is 0.0115. The van der Waals surface area contributed by atoms with Gasteiger partial charge < -0.3 is 10.4 Å². The molecule has 2 N–H and O–H groups in total. The lowest BCUT2D eigenvalue weighted by Crippen LogP contribution is -2.49. The van der Waals surface area contributed by atoms with E-state index in [-0.39, 0.29) is 12.3 Å². The van der Waals surface area contributed by atoms with Crippen molar-refractivity contribution in [3.8, 4) is 0 Å². The lowest BCUT2D eigenvalue weighted by molar-refractivity contribution is -0.139. The molecule has 0 unspecified atom stereocenters. The van der Waals surface area contributed by atoms with E-state index in [1.54, 1.807) is 11.8 Å². The van der Waals surface area contributed by atoms with Crippen molar-refractivity contribution in [2.24, 2.45) is 5.92 Å². The van der Waals surface area contributed by atoms with Crippen LogP contribution in [0.1, 0.15) is 53.4 Å². The van der Waals surface area contributed by atoms with E-state index in [2.05, 4.69) is 19.2 Å². The van der Waals surface area contributed by atoms with Crippen LogP contribution in [0.15, 0.2) is 0 Å². The van der Waals surface area contributed by atoms with Gasteiger partial charge in [0.25, 0.3) is 0 Å². The molecule has 0 aliphatic rings. The molecule has 0 fully saturated rings. The molecule has 0 heterocycles. The van der Waals surface area contributed by atoms with Crippen molar-refractivity contribution in [3.05, 3.63) is 0 Å². The third kappa shape index (κ3) is 8.14. The van der Waals surface area contributed by atoms with Crippen LogP contribution in [-0.4, -0.2) is 34.0 Å². The number of nitrogens with one attached hydrogen (secondary N) is 1. The van der Waals surface area contributed by atoms with Gasteiger partial charge in [0.1, 0.15) is 0 Å². The normalized spacial score (nSPS) is 11.6. The summed E-state index contributed by atoms with van der Waals surface area (Å²) in [5.41, 5.74) is -0.596. The van der Waals surface area contributed by atoms with E-state index in [0.29, 0.717) is 24.5 Å². The first-order valence-corrected chi connectivity index (χ1v) is 8.11. The molecule has 0 spiro atoms. The molecule has 1 amide bonds. The van der Waals surface area contributed by atoms with E-state index in [1.807, 2.05) is 13.8 Å². The summed E-state index contributed by atoms with van der Waals surface area (Å²) in [6, 6.07) is 0. The maximum atomic E-state index is 11.9. The third-order valence-corrected chi connectivity index (χ3v) is 4.31. The molecular weight excluding hydrogens is 262 g/mol. The number of hydrogen-bond donors (Lipinski definition) is 2. The third-order valence-electron chi connectivity index (χ3n) is 3.32. The molecule has 112 valence electrons. The van der Waals surface area contributed by atoms with Gasteiger partial charge in [-0.3, -0.25) is 9.59 Å². The smallest absolute Gasteiger partial charge is 0.305 e. The number of amides is 1. The molecule has 4 nitrogen and oxygen atoms in total. The Balaban J connectivity index is 4.20. The minimum atomic E-state index is -0.864. The van der Waals surface area contributed by atoms with Gasteiger partial charge in [0, 0.05) is 5.54 Å². The van der Waals surface area contributed by atoms with Gasteiger partial charge in [-0.25, -0.2) is 0 Å². The summed E-state index contributed by atoms with van der Waals surface area (Å²) < 4.78 is 0. The highest BCUT2D eigenvalue weighted by Gasteiger charge is 2.30. The van der Waals surface area contributed by atoms with Crippen molar-refractivity contribution in [3.63, 3.8) is 0 Å². The Hall–Kier alpha value is -0.710. The molecule has 0 aromatic heterocycles. The van der Waals surface area contributed by atoms with Crippen molar-refractivity contribution in [1.82, 2.24) is 5.32 Å². The second kappa shape index (κ2) is 9.23. The maximum Gasteiger partial charge on any atom is 0.305 e. The van der Waals surface area contributed by atoms with Crippen LogP contribution in [0, 0.1) is 5.92 Å². The van der Waals surface area contributed by atoms with Gasteiger partial charge in [0.2, 0.25) is 5.91 Å². The topological polar surface area (TPSA) is 66.4 Å². The lowest BCUT2D eigenvalue weighted by Gasteiger charge is -2.31. The number of carbonyl (C=O) groups excluding carboxylic acids is 1. The van der Waals surface area contributed by atoms with E-state index in [0.717, 1.165) is 12.2 Å². The lowest BCUT2D eigenvalue weighted by atomic mass is 9.89. The predicted molar refractivity (Wildman–Crippen MR) is 80.5 cm³/mol. The molecule has 0 saturated carbocycles. The Morgan fingerprint density at radius 2 is 1.84 bits per heavy atom. The summed E-state index contributed by atoms with van der Waals surface area (Å²) in [6.45, 7) is 8.15. The molecule has 0 saturated heterocycles. The van der Waals surface area contributed by atoms with E-state index in [4.69, 9.17) is 5.11 Å². The molecule has 0 bridgehead atoms. The van der Waals surface area contributed by atoms with Crippen molar-refractivity contribution in [2.75, 3.05) is 11.5 Å². The van der Waals surface area contributed by atoms with E-state index < -0.39 is 11.5 Å². The highest BCUT2D eigenvalue weighted by Crippen LogP contribution is 2.20. The zero-order chi connectivity index (χ0) is 14.9. The van der Waals surface area contributed by atoms with Gasteiger partial charge >= 0.3 is 5.97 Å². The first-order valence-electron chi connectivity index (χ1n) is 6.95. The number of carbonyl (C=O) groups is 2. The summed E-state index contributed by atoms with van der Waals surface area (Å²) in [4.78, 5) is 22.8. The summed E-state index contributed by atoms with van der Waals surface area (Å²) in [5, 5.41) is 11.9. The fourth-order valence-corrected chi connectivity index (χ4v) is 2.87. The van der Waals surface area contributed by atoms with Gasteiger partial charge in [-0.2, -0.15) is 11.8 Å². The van der Waals surface area contributed by atoms with Gasteiger partial charge in [0.15, 0.2) is 0 Å². The highest BCUT2D eigenvalue weighted by molar-refractivity contribution is 7.99. The molecule has 0 radical (unpaired) electrons. The van der Waals surface area contributed by atoms with Crippen molar-refractivity contribution < 1.29 is 14.7 Å². The molecule has 0 rings (SSSR count). The maximum absolute atomic E-state index is 11.9. The van der Waals surface area contributed by atoms with Crippen LogP contribution in [0.3, 0.4) is 0 Å². The minimum Gasteiger partial charge on any atom is -0.481 e. The number of aliphatic carboxylic acids is 1. The van der Waals surface area contributed by atoms with Crippen molar-refractivity contribution in [2.45, 2.75) is 58.9 Å². The Labute approximate surface area is 120 Å². The fourth-order valence-electron chi connectivity index (χ4n) is 1.83. The monoisotopic (exact) mass is 289 g/mol. The first-order chi connectivity index (χ1) is 8.85. The van der Waals surface area contributed by atoms with E-state index >= 15 is 0 Å². The van der Waals surface area contributed by atoms with Crippen molar-refractivity contribution >= 4 is 23.6 Å². The predicted octanol–water partition coefficient (Wildman–Crippen LogP) is 2.92. The van der Waals surface area contributed by atoms with Crippen LogP contribution in [0.4, 0.5) is 0 Å². The van der Waals surface area contributed by atoms with Gasteiger partial charge in [-0.15, -0.1) is 0 Å². The molecular formula is C14H27NO3S. The average Bonchev–Trinajstić information content (AvgIpc) is 2.33. The fraction of sp³-hybridized carbons (Fsp3) is 0.857. The second-order valence-electron chi connectivity index (χ2n) is 5.34. The first kappa shape index (κ1) is 18.3. The number of carboxylic acid groups (broad SMARTS) is 1. The van der Waals surface area contributed by atoms with Crippen LogP contribution < -0.4 is 5.32 Å².